The third-order valence-corrected chi connectivity index (χ3v) is 4.22. The molecular formula is C18H19BrO3. The van der Waals surface area contributed by atoms with Crippen molar-refractivity contribution in [1.82, 2.24) is 0 Å². The molecular weight excluding hydrogens is 344 g/mol. The molecule has 0 heterocycles. The second-order valence-corrected chi connectivity index (χ2v) is 6.23. The number of hydrogen-bond acceptors (Lipinski definition) is 2. The van der Waals surface area contributed by atoms with Crippen LogP contribution in [0.2, 0.25) is 0 Å². The molecule has 0 aromatic heterocycles. The monoisotopic (exact) mass is 362 g/mol. The molecule has 2 aromatic carbocycles. The van der Waals surface area contributed by atoms with Crippen molar-refractivity contribution in [2.24, 2.45) is 0 Å². The molecule has 0 atom stereocenters. The second-order valence-electron chi connectivity index (χ2n) is 5.38. The summed E-state index contributed by atoms with van der Waals surface area (Å²) in [6.07, 6.45) is 0.690. The molecule has 0 aliphatic carbocycles. The Morgan fingerprint density at radius 3 is 2.64 bits per heavy atom. The van der Waals surface area contributed by atoms with Crippen molar-refractivity contribution < 1.29 is 14.6 Å². The van der Waals surface area contributed by atoms with Crippen molar-refractivity contribution in [3.8, 4) is 5.75 Å². The van der Waals surface area contributed by atoms with Crippen LogP contribution in [0.15, 0.2) is 40.9 Å². The summed E-state index contributed by atoms with van der Waals surface area (Å²) in [6, 6.07) is 12.0. The molecule has 0 amide bonds. The van der Waals surface area contributed by atoms with E-state index in [1.54, 1.807) is 0 Å². The Balaban J connectivity index is 2.04. The number of ether oxygens (including phenoxy) is 1. The minimum atomic E-state index is -0.776. The molecule has 1 N–H and O–H groups in total. The molecule has 0 bridgehead atoms. The van der Waals surface area contributed by atoms with Crippen LogP contribution in [0.25, 0.3) is 0 Å². The molecule has 0 spiro atoms. The van der Waals surface area contributed by atoms with Crippen LogP contribution >= 0.6 is 15.9 Å². The van der Waals surface area contributed by atoms with Gasteiger partial charge in [-0.25, -0.2) is 0 Å². The quantitative estimate of drug-likeness (QED) is 0.812. The average Bonchev–Trinajstić information content (AvgIpc) is 2.47. The van der Waals surface area contributed by atoms with Gasteiger partial charge < -0.3 is 9.84 Å². The molecule has 22 heavy (non-hydrogen) atoms. The van der Waals surface area contributed by atoms with E-state index in [0.29, 0.717) is 13.0 Å². The zero-order chi connectivity index (χ0) is 16.1. The first-order valence-corrected chi connectivity index (χ1v) is 7.94. The van der Waals surface area contributed by atoms with Crippen molar-refractivity contribution in [2.75, 3.05) is 0 Å². The van der Waals surface area contributed by atoms with Crippen molar-refractivity contribution in [1.29, 1.82) is 0 Å². The lowest BCUT2D eigenvalue weighted by molar-refractivity contribution is -0.136. The van der Waals surface area contributed by atoms with Crippen LogP contribution in [0.5, 0.6) is 5.75 Å². The van der Waals surface area contributed by atoms with Crippen LogP contribution < -0.4 is 4.74 Å². The molecule has 0 unspecified atom stereocenters. The molecule has 4 heteroatoms. The summed E-state index contributed by atoms with van der Waals surface area (Å²) in [5.74, 6) is 0.0507. The van der Waals surface area contributed by atoms with Crippen LogP contribution in [-0.2, 0) is 17.8 Å². The minimum Gasteiger partial charge on any atom is -0.489 e. The number of carboxylic acids is 1. The molecule has 116 valence electrons. The predicted octanol–water partition coefficient (Wildman–Crippen LogP) is 4.66. The highest BCUT2D eigenvalue weighted by molar-refractivity contribution is 9.10. The third kappa shape index (κ3) is 4.60. The molecule has 2 aromatic rings. The van der Waals surface area contributed by atoms with E-state index in [2.05, 4.69) is 35.0 Å². The number of aliphatic carboxylic acids is 1. The zero-order valence-corrected chi connectivity index (χ0v) is 14.3. The maximum atomic E-state index is 10.6. The Kier molecular flexibility index (Phi) is 5.61. The summed E-state index contributed by atoms with van der Waals surface area (Å²) in [4.78, 5) is 10.6. The van der Waals surface area contributed by atoms with E-state index >= 15 is 0 Å². The predicted molar refractivity (Wildman–Crippen MR) is 90.3 cm³/mol. The molecule has 0 aliphatic rings. The minimum absolute atomic E-state index is 0.149. The van der Waals surface area contributed by atoms with Gasteiger partial charge in [0.15, 0.2) is 0 Å². The number of carbonyl (C=O) groups is 1. The van der Waals surface area contributed by atoms with E-state index in [4.69, 9.17) is 9.84 Å². The Hall–Kier alpha value is -1.81. The van der Waals surface area contributed by atoms with Gasteiger partial charge in [-0.1, -0.05) is 45.8 Å². The van der Waals surface area contributed by atoms with Gasteiger partial charge in [0.05, 0.1) is 0 Å². The molecule has 0 saturated carbocycles. The number of carboxylic acid groups (broad SMARTS) is 1. The van der Waals surface area contributed by atoms with Crippen LogP contribution in [0, 0.1) is 13.8 Å². The van der Waals surface area contributed by atoms with E-state index in [0.717, 1.165) is 26.9 Å². The Labute approximate surface area is 139 Å². The lowest BCUT2D eigenvalue weighted by atomic mass is 10.1. The summed E-state index contributed by atoms with van der Waals surface area (Å²) in [5.41, 5.74) is 4.34. The standard InChI is InChI=1S/C18H19BrO3/c1-12-3-6-16(19)15(9-12)11-22-17-7-4-14(10-13(17)2)5-8-18(20)21/h3-4,6-7,9-10H,5,8,11H2,1-2H3,(H,20,21). The first-order valence-electron chi connectivity index (χ1n) is 7.15. The third-order valence-electron chi connectivity index (χ3n) is 3.45. The number of aryl methyl sites for hydroxylation is 3. The van der Waals surface area contributed by atoms with Gasteiger partial charge in [0, 0.05) is 16.5 Å². The van der Waals surface area contributed by atoms with Crippen LogP contribution in [0.1, 0.15) is 28.7 Å². The topological polar surface area (TPSA) is 46.5 Å². The Bertz CT molecular complexity index is 680. The first kappa shape index (κ1) is 16.6. The maximum Gasteiger partial charge on any atom is 0.303 e. The number of halogens is 1. The lowest BCUT2D eigenvalue weighted by Crippen LogP contribution is -2.00. The summed E-state index contributed by atoms with van der Waals surface area (Å²) in [7, 11) is 0. The van der Waals surface area contributed by atoms with Gasteiger partial charge in [-0.2, -0.15) is 0 Å². The van der Waals surface area contributed by atoms with Crippen LogP contribution in [0.4, 0.5) is 0 Å². The Morgan fingerprint density at radius 1 is 1.18 bits per heavy atom. The van der Waals surface area contributed by atoms with Gasteiger partial charge >= 0.3 is 5.97 Å². The molecule has 2 rings (SSSR count). The van der Waals surface area contributed by atoms with Gasteiger partial charge in [-0.3, -0.25) is 4.79 Å². The normalized spacial score (nSPS) is 10.5. The molecule has 0 fully saturated rings. The fourth-order valence-corrected chi connectivity index (χ4v) is 2.61. The summed E-state index contributed by atoms with van der Waals surface area (Å²) >= 11 is 3.53. The Morgan fingerprint density at radius 2 is 1.95 bits per heavy atom. The van der Waals surface area contributed by atoms with E-state index in [-0.39, 0.29) is 6.42 Å². The van der Waals surface area contributed by atoms with Crippen LogP contribution in [0.3, 0.4) is 0 Å². The fourth-order valence-electron chi connectivity index (χ4n) is 2.25. The smallest absolute Gasteiger partial charge is 0.303 e. The lowest BCUT2D eigenvalue weighted by Gasteiger charge is -2.12. The van der Waals surface area contributed by atoms with Crippen molar-refractivity contribution in [3.63, 3.8) is 0 Å². The number of hydrogen-bond donors (Lipinski definition) is 1. The average molecular weight is 363 g/mol. The van der Waals surface area contributed by atoms with E-state index in [1.165, 1.54) is 5.56 Å². The summed E-state index contributed by atoms with van der Waals surface area (Å²) in [6.45, 7) is 4.53. The van der Waals surface area contributed by atoms with E-state index < -0.39 is 5.97 Å². The summed E-state index contributed by atoms with van der Waals surface area (Å²) < 4.78 is 6.93. The second kappa shape index (κ2) is 7.45. The largest absolute Gasteiger partial charge is 0.489 e. The fraction of sp³-hybridized carbons (Fsp3) is 0.278. The van der Waals surface area contributed by atoms with Gasteiger partial charge in [0.1, 0.15) is 12.4 Å². The van der Waals surface area contributed by atoms with E-state index in [9.17, 15) is 4.79 Å². The van der Waals surface area contributed by atoms with Crippen molar-refractivity contribution in [2.45, 2.75) is 33.3 Å². The van der Waals surface area contributed by atoms with Gasteiger partial charge in [-0.05, 0) is 43.5 Å². The van der Waals surface area contributed by atoms with Crippen molar-refractivity contribution in [3.05, 3.63) is 63.1 Å². The highest BCUT2D eigenvalue weighted by atomic mass is 79.9. The molecule has 0 aliphatic heterocycles. The van der Waals surface area contributed by atoms with Crippen LogP contribution in [-0.4, -0.2) is 11.1 Å². The highest BCUT2D eigenvalue weighted by Gasteiger charge is 2.06. The number of rotatable bonds is 6. The molecule has 0 saturated heterocycles. The zero-order valence-electron chi connectivity index (χ0n) is 12.7. The molecule has 3 nitrogen and oxygen atoms in total. The summed E-state index contributed by atoms with van der Waals surface area (Å²) in [5, 5.41) is 8.73. The van der Waals surface area contributed by atoms with Gasteiger partial charge in [0.2, 0.25) is 0 Å². The number of benzene rings is 2. The van der Waals surface area contributed by atoms with Gasteiger partial charge in [0.25, 0.3) is 0 Å². The molecule has 0 radical (unpaired) electrons. The first-order chi connectivity index (χ1) is 10.5. The van der Waals surface area contributed by atoms with Crippen molar-refractivity contribution >= 4 is 21.9 Å². The maximum absolute atomic E-state index is 10.6. The van der Waals surface area contributed by atoms with Gasteiger partial charge in [-0.15, -0.1) is 0 Å². The SMILES string of the molecule is Cc1ccc(Br)c(COc2ccc(CCC(=O)O)cc2C)c1. The van der Waals surface area contributed by atoms with E-state index in [1.807, 2.05) is 31.2 Å². The highest BCUT2D eigenvalue weighted by Crippen LogP contribution is 2.24.